The van der Waals surface area contributed by atoms with Crippen molar-refractivity contribution in [3.05, 3.63) is 38.9 Å². The first kappa shape index (κ1) is 17.1. The molecule has 0 N–H and O–H groups in total. The van der Waals surface area contributed by atoms with Crippen molar-refractivity contribution in [2.45, 2.75) is 25.9 Å². The molecule has 2 aromatic heterocycles. The predicted octanol–water partition coefficient (Wildman–Crippen LogP) is 1.68. The Kier molecular flexibility index (Phi) is 4.55. The van der Waals surface area contributed by atoms with Crippen molar-refractivity contribution in [2.24, 2.45) is 7.05 Å². The van der Waals surface area contributed by atoms with Gasteiger partial charge in [-0.05, 0) is 29.8 Å². The van der Waals surface area contributed by atoms with E-state index in [0.717, 1.165) is 16.4 Å². The minimum atomic E-state index is -1.05. The molecule has 0 aliphatic heterocycles. The molecule has 0 aliphatic rings. The Morgan fingerprint density at radius 2 is 2.09 bits per heavy atom. The average molecular weight is 385 g/mol. The molecule has 0 aromatic carbocycles. The highest BCUT2D eigenvalue weighted by atomic mass is 79.9. The molecular formula is C13H17BrN6O3. The maximum Gasteiger partial charge on any atom is 0.307 e. The van der Waals surface area contributed by atoms with Gasteiger partial charge in [0.2, 0.25) is 5.91 Å². The topological polar surface area (TPSA) is 99.1 Å². The van der Waals surface area contributed by atoms with Gasteiger partial charge in [-0.25, -0.2) is 0 Å². The number of carbonyl (C=O) groups excluding carboxylic acids is 1. The lowest BCUT2D eigenvalue weighted by Crippen LogP contribution is -2.45. The lowest BCUT2D eigenvalue weighted by molar-refractivity contribution is -0.385. The Balaban J connectivity index is 2.21. The molecule has 124 valence electrons. The monoisotopic (exact) mass is 384 g/mol. The first-order valence-electron chi connectivity index (χ1n) is 6.76. The summed E-state index contributed by atoms with van der Waals surface area (Å²) < 4.78 is 3.80. The van der Waals surface area contributed by atoms with E-state index in [1.54, 1.807) is 38.8 Å². The van der Waals surface area contributed by atoms with E-state index in [0.29, 0.717) is 6.54 Å². The number of likely N-dealkylation sites (N-methyl/N-ethyl adjacent to an activating group) is 1. The largest absolute Gasteiger partial charge is 0.338 e. The maximum absolute atomic E-state index is 12.7. The van der Waals surface area contributed by atoms with E-state index in [4.69, 9.17) is 0 Å². The van der Waals surface area contributed by atoms with Crippen molar-refractivity contribution in [3.8, 4) is 0 Å². The van der Waals surface area contributed by atoms with Gasteiger partial charge in [0.1, 0.15) is 17.9 Å². The number of nitrogens with zero attached hydrogens (tertiary/aromatic N) is 6. The smallest absolute Gasteiger partial charge is 0.307 e. The normalized spacial score (nSPS) is 11.5. The molecule has 0 spiro atoms. The van der Waals surface area contributed by atoms with Gasteiger partial charge >= 0.3 is 5.69 Å². The van der Waals surface area contributed by atoms with Gasteiger partial charge in [0.15, 0.2) is 0 Å². The van der Waals surface area contributed by atoms with E-state index in [1.807, 2.05) is 0 Å². The molecule has 0 bridgehead atoms. The van der Waals surface area contributed by atoms with Crippen LogP contribution in [0.2, 0.25) is 0 Å². The van der Waals surface area contributed by atoms with Gasteiger partial charge in [0, 0.05) is 14.1 Å². The lowest BCUT2D eigenvalue weighted by Gasteiger charge is -2.29. The van der Waals surface area contributed by atoms with Gasteiger partial charge in [-0.1, -0.05) is 0 Å². The predicted molar refractivity (Wildman–Crippen MR) is 85.6 cm³/mol. The third-order valence-electron chi connectivity index (χ3n) is 3.62. The molecule has 2 heterocycles. The third-order valence-corrected chi connectivity index (χ3v) is 4.28. The number of aromatic nitrogens is 4. The zero-order chi connectivity index (χ0) is 17.4. The number of aryl methyl sites for hydroxylation is 1. The van der Waals surface area contributed by atoms with Crippen LogP contribution in [0.1, 0.15) is 19.5 Å². The second-order valence-corrected chi connectivity index (χ2v) is 6.54. The molecule has 0 saturated carbocycles. The summed E-state index contributed by atoms with van der Waals surface area (Å²) in [7, 11) is 3.46. The van der Waals surface area contributed by atoms with Crippen molar-refractivity contribution in [3.63, 3.8) is 0 Å². The number of rotatable bonds is 5. The van der Waals surface area contributed by atoms with Crippen LogP contribution in [-0.2, 0) is 23.9 Å². The summed E-state index contributed by atoms with van der Waals surface area (Å²) >= 11 is 3.40. The summed E-state index contributed by atoms with van der Waals surface area (Å²) in [5.74, 6) is -0.219. The summed E-state index contributed by atoms with van der Waals surface area (Å²) in [6.07, 6.45) is 4.05. The number of carbonyl (C=O) groups is 1. The fourth-order valence-electron chi connectivity index (χ4n) is 2.19. The van der Waals surface area contributed by atoms with E-state index >= 15 is 0 Å². The average Bonchev–Trinajstić information content (AvgIpc) is 3.09. The van der Waals surface area contributed by atoms with Crippen LogP contribution in [0.15, 0.2) is 23.1 Å². The highest BCUT2D eigenvalue weighted by molar-refractivity contribution is 9.10. The molecule has 0 aliphatic carbocycles. The highest BCUT2D eigenvalue weighted by Gasteiger charge is 2.34. The van der Waals surface area contributed by atoms with Crippen LogP contribution in [0, 0.1) is 10.1 Å². The van der Waals surface area contributed by atoms with E-state index in [1.165, 1.54) is 15.8 Å². The van der Waals surface area contributed by atoms with E-state index in [-0.39, 0.29) is 11.6 Å². The van der Waals surface area contributed by atoms with Gasteiger partial charge in [0.05, 0.1) is 27.8 Å². The summed E-state index contributed by atoms with van der Waals surface area (Å²) in [6.45, 7) is 3.68. The Morgan fingerprint density at radius 1 is 1.43 bits per heavy atom. The molecule has 23 heavy (non-hydrogen) atoms. The van der Waals surface area contributed by atoms with Gasteiger partial charge in [-0.15, -0.1) is 0 Å². The minimum Gasteiger partial charge on any atom is -0.338 e. The molecule has 2 aromatic rings. The summed E-state index contributed by atoms with van der Waals surface area (Å²) in [5.41, 5.74) is -0.348. The van der Waals surface area contributed by atoms with Crippen LogP contribution >= 0.6 is 15.9 Å². The number of amides is 1. The highest BCUT2D eigenvalue weighted by Crippen LogP contribution is 2.23. The van der Waals surface area contributed by atoms with Gasteiger partial charge in [0.25, 0.3) is 0 Å². The molecule has 10 heteroatoms. The van der Waals surface area contributed by atoms with E-state index in [9.17, 15) is 14.9 Å². The zero-order valence-electron chi connectivity index (χ0n) is 13.2. The summed E-state index contributed by atoms with van der Waals surface area (Å²) in [6, 6.07) is 0. The van der Waals surface area contributed by atoms with Crippen molar-refractivity contribution in [2.75, 3.05) is 7.05 Å². The van der Waals surface area contributed by atoms with Crippen molar-refractivity contribution in [1.29, 1.82) is 0 Å². The molecule has 1 amide bonds. The van der Waals surface area contributed by atoms with Crippen molar-refractivity contribution in [1.82, 2.24) is 24.5 Å². The Labute approximate surface area is 141 Å². The van der Waals surface area contributed by atoms with Gasteiger partial charge in [-0.2, -0.15) is 10.2 Å². The minimum absolute atomic E-state index is 0.150. The van der Waals surface area contributed by atoms with Crippen molar-refractivity contribution >= 4 is 27.5 Å². The van der Waals surface area contributed by atoms with Crippen LogP contribution in [0.25, 0.3) is 0 Å². The van der Waals surface area contributed by atoms with Crippen LogP contribution < -0.4 is 0 Å². The molecular weight excluding hydrogens is 368 g/mol. The fourth-order valence-corrected chi connectivity index (χ4v) is 2.66. The number of hydrogen-bond acceptors (Lipinski definition) is 5. The second kappa shape index (κ2) is 6.11. The van der Waals surface area contributed by atoms with E-state index in [2.05, 4.69) is 26.1 Å². The molecule has 2 rings (SSSR count). The van der Waals surface area contributed by atoms with E-state index < -0.39 is 10.5 Å². The SMILES string of the molecule is CN(Cc1c(Br)cnn1C)C(=O)C(C)(C)n1cc([N+](=O)[O-])cn1. The van der Waals surface area contributed by atoms with Crippen LogP contribution in [-0.4, -0.2) is 42.3 Å². The number of nitro groups is 1. The van der Waals surface area contributed by atoms with Gasteiger partial charge in [-0.3, -0.25) is 24.3 Å². The molecule has 0 atom stereocenters. The second-order valence-electron chi connectivity index (χ2n) is 5.68. The Bertz CT molecular complexity index is 731. The van der Waals surface area contributed by atoms with Crippen LogP contribution in [0.5, 0.6) is 0 Å². The quantitative estimate of drug-likeness (QED) is 0.576. The van der Waals surface area contributed by atoms with Crippen LogP contribution in [0.3, 0.4) is 0 Å². The number of hydrogen-bond donors (Lipinski definition) is 0. The maximum atomic E-state index is 12.7. The van der Waals surface area contributed by atoms with Gasteiger partial charge < -0.3 is 4.90 Å². The lowest BCUT2D eigenvalue weighted by atomic mass is 10.0. The third kappa shape index (κ3) is 3.26. The van der Waals surface area contributed by atoms with Crippen LogP contribution in [0.4, 0.5) is 5.69 Å². The van der Waals surface area contributed by atoms with Crippen molar-refractivity contribution < 1.29 is 9.72 Å². The molecule has 0 fully saturated rings. The molecule has 0 unspecified atom stereocenters. The first-order valence-corrected chi connectivity index (χ1v) is 7.55. The Morgan fingerprint density at radius 3 is 2.57 bits per heavy atom. The Hall–Kier alpha value is -2.23. The first-order chi connectivity index (χ1) is 10.6. The number of halogens is 1. The fraction of sp³-hybridized carbons (Fsp3) is 0.462. The summed E-state index contributed by atoms with van der Waals surface area (Å²) in [4.78, 5) is 24.5. The molecule has 0 radical (unpaired) electrons. The molecule has 0 saturated heterocycles. The standard InChI is InChI=1S/C13H17BrN6O3/c1-13(2,19-7-9(5-16-19)20(22)23)12(21)17(3)8-11-10(14)6-15-18(11)4/h5-7H,8H2,1-4H3. The molecule has 9 nitrogen and oxygen atoms in total. The summed E-state index contributed by atoms with van der Waals surface area (Å²) in [5, 5.41) is 18.8. The zero-order valence-corrected chi connectivity index (χ0v) is 14.8.